The van der Waals surface area contributed by atoms with Crippen LogP contribution in [0.3, 0.4) is 0 Å². The molecule has 1 saturated heterocycles. The van der Waals surface area contributed by atoms with Crippen molar-refractivity contribution < 1.29 is 4.79 Å². The monoisotopic (exact) mass is 526 g/mol. The number of likely N-dealkylation sites (tertiary alicyclic amines) is 1. The summed E-state index contributed by atoms with van der Waals surface area (Å²) in [6, 6.07) is 17.2. The molecule has 0 aliphatic carbocycles. The van der Waals surface area contributed by atoms with Gasteiger partial charge in [-0.3, -0.25) is 9.80 Å². The van der Waals surface area contributed by atoms with Crippen LogP contribution in [0.2, 0.25) is 15.2 Å². The van der Waals surface area contributed by atoms with Crippen molar-refractivity contribution in [2.75, 3.05) is 24.5 Å². The highest BCUT2D eigenvalue weighted by Gasteiger charge is 2.44. The van der Waals surface area contributed by atoms with E-state index in [9.17, 15) is 4.79 Å². The molecular formula is C27H25Cl3N4O. The zero-order valence-corrected chi connectivity index (χ0v) is 21.3. The number of nitrogens with one attached hydrogen (secondary N) is 1. The maximum Gasteiger partial charge on any atom is 0.322 e. The fraction of sp³-hybridized carbons (Fsp3) is 0.259. The lowest BCUT2D eigenvalue weighted by atomic mass is 9.89. The minimum absolute atomic E-state index is 0.0981. The SMILES string of the molecule is O=C(NCc1ccnc(Cl)c1)N1c2ccc(Cl)cc2[C@@H]2CN(C/C=C/c3ccc(Cl)cc3)CCC21. The molecular weight excluding hydrogens is 503 g/mol. The van der Waals surface area contributed by atoms with Crippen LogP contribution in [-0.4, -0.2) is 41.6 Å². The van der Waals surface area contributed by atoms with E-state index in [0.717, 1.165) is 53.5 Å². The maximum absolute atomic E-state index is 13.3. The molecule has 1 aromatic heterocycles. The fourth-order valence-electron chi connectivity index (χ4n) is 5.00. The van der Waals surface area contributed by atoms with Crippen molar-refractivity contribution in [2.24, 2.45) is 0 Å². The molecule has 35 heavy (non-hydrogen) atoms. The second-order valence-electron chi connectivity index (χ2n) is 8.89. The highest BCUT2D eigenvalue weighted by molar-refractivity contribution is 6.31. The predicted molar refractivity (Wildman–Crippen MR) is 143 cm³/mol. The Morgan fingerprint density at radius 2 is 1.86 bits per heavy atom. The molecule has 2 amide bonds. The summed E-state index contributed by atoms with van der Waals surface area (Å²) >= 11 is 18.3. The van der Waals surface area contributed by atoms with E-state index in [1.54, 1.807) is 12.3 Å². The molecule has 2 atom stereocenters. The van der Waals surface area contributed by atoms with Crippen molar-refractivity contribution in [3.63, 3.8) is 0 Å². The number of piperidine rings is 1. The first kappa shape index (κ1) is 24.1. The van der Waals surface area contributed by atoms with Gasteiger partial charge in [-0.25, -0.2) is 9.78 Å². The van der Waals surface area contributed by atoms with Gasteiger partial charge in [0.15, 0.2) is 0 Å². The van der Waals surface area contributed by atoms with E-state index in [0.29, 0.717) is 16.7 Å². The van der Waals surface area contributed by atoms with Crippen LogP contribution in [0.1, 0.15) is 29.0 Å². The van der Waals surface area contributed by atoms with Crippen molar-refractivity contribution >= 4 is 52.6 Å². The molecule has 0 saturated carbocycles. The predicted octanol–water partition coefficient (Wildman–Crippen LogP) is 6.64. The molecule has 5 rings (SSSR count). The van der Waals surface area contributed by atoms with Crippen LogP contribution < -0.4 is 10.2 Å². The molecule has 2 aliphatic heterocycles. The van der Waals surface area contributed by atoms with E-state index in [2.05, 4.69) is 27.4 Å². The molecule has 8 heteroatoms. The molecule has 0 radical (unpaired) electrons. The number of carbonyl (C=O) groups excluding carboxylic acids is 1. The van der Waals surface area contributed by atoms with Crippen LogP contribution in [0.5, 0.6) is 0 Å². The summed E-state index contributed by atoms with van der Waals surface area (Å²) in [5, 5.41) is 4.90. The summed E-state index contributed by atoms with van der Waals surface area (Å²) in [6.07, 6.45) is 6.83. The van der Waals surface area contributed by atoms with Gasteiger partial charge in [-0.1, -0.05) is 59.1 Å². The number of anilines is 1. The van der Waals surface area contributed by atoms with Crippen LogP contribution in [0.15, 0.2) is 66.9 Å². The van der Waals surface area contributed by atoms with Crippen molar-refractivity contribution in [3.8, 4) is 0 Å². The molecule has 0 spiro atoms. The van der Waals surface area contributed by atoms with Gasteiger partial charge in [0.05, 0.1) is 0 Å². The van der Waals surface area contributed by atoms with E-state index in [1.165, 1.54) is 0 Å². The number of hydrogen-bond donors (Lipinski definition) is 1. The Kier molecular flexibility index (Phi) is 7.30. The van der Waals surface area contributed by atoms with Gasteiger partial charge >= 0.3 is 6.03 Å². The summed E-state index contributed by atoms with van der Waals surface area (Å²) in [5.74, 6) is 0.211. The van der Waals surface area contributed by atoms with Crippen LogP contribution in [-0.2, 0) is 6.54 Å². The smallest absolute Gasteiger partial charge is 0.322 e. The summed E-state index contributed by atoms with van der Waals surface area (Å²) < 4.78 is 0. The van der Waals surface area contributed by atoms with Crippen LogP contribution >= 0.6 is 34.8 Å². The van der Waals surface area contributed by atoms with E-state index < -0.39 is 0 Å². The number of amides is 2. The van der Waals surface area contributed by atoms with Gasteiger partial charge in [0.1, 0.15) is 5.15 Å². The molecule has 180 valence electrons. The maximum atomic E-state index is 13.3. The van der Waals surface area contributed by atoms with E-state index in [1.807, 2.05) is 53.4 Å². The van der Waals surface area contributed by atoms with E-state index >= 15 is 0 Å². The molecule has 0 bridgehead atoms. The second-order valence-corrected chi connectivity index (χ2v) is 10.2. The van der Waals surface area contributed by atoms with E-state index in [-0.39, 0.29) is 18.0 Å². The van der Waals surface area contributed by atoms with Gasteiger partial charge in [-0.2, -0.15) is 0 Å². The highest BCUT2D eigenvalue weighted by Crippen LogP contribution is 2.45. The first-order chi connectivity index (χ1) is 17.0. The summed E-state index contributed by atoms with van der Waals surface area (Å²) in [4.78, 5) is 21.7. The molecule has 5 nitrogen and oxygen atoms in total. The number of benzene rings is 2. The minimum atomic E-state index is -0.106. The molecule has 2 aromatic carbocycles. The van der Waals surface area contributed by atoms with Crippen molar-refractivity contribution in [2.45, 2.75) is 24.9 Å². The van der Waals surface area contributed by atoms with Crippen LogP contribution in [0, 0.1) is 0 Å². The average molecular weight is 528 g/mol. The number of aromatic nitrogens is 1. The van der Waals surface area contributed by atoms with Gasteiger partial charge in [0, 0.05) is 60.1 Å². The Bertz CT molecular complexity index is 1250. The van der Waals surface area contributed by atoms with Gasteiger partial charge in [-0.05, 0) is 65.6 Å². The average Bonchev–Trinajstić information content (AvgIpc) is 3.17. The lowest BCUT2D eigenvalue weighted by molar-refractivity contribution is 0.205. The molecule has 1 fully saturated rings. The Morgan fingerprint density at radius 3 is 2.66 bits per heavy atom. The molecule has 2 aliphatic rings. The summed E-state index contributed by atoms with van der Waals surface area (Å²) in [7, 11) is 0. The van der Waals surface area contributed by atoms with Crippen LogP contribution in [0.25, 0.3) is 6.08 Å². The molecule has 3 aromatic rings. The molecule has 1 unspecified atom stereocenters. The number of urea groups is 1. The van der Waals surface area contributed by atoms with Crippen molar-refractivity contribution in [3.05, 3.63) is 98.8 Å². The Morgan fingerprint density at radius 1 is 1.06 bits per heavy atom. The lowest BCUT2D eigenvalue weighted by Gasteiger charge is -2.37. The van der Waals surface area contributed by atoms with E-state index in [4.69, 9.17) is 34.8 Å². The molecule has 3 heterocycles. The van der Waals surface area contributed by atoms with Gasteiger partial charge in [0.25, 0.3) is 0 Å². The lowest BCUT2D eigenvalue weighted by Crippen LogP contribution is -2.50. The third-order valence-electron chi connectivity index (χ3n) is 6.64. The fourth-order valence-corrected chi connectivity index (χ4v) is 5.50. The number of fused-ring (bicyclic) bond motifs is 3. The first-order valence-corrected chi connectivity index (χ1v) is 12.7. The van der Waals surface area contributed by atoms with Gasteiger partial charge < -0.3 is 5.32 Å². The zero-order valence-electron chi connectivity index (χ0n) is 19.0. The van der Waals surface area contributed by atoms with Crippen molar-refractivity contribution in [1.82, 2.24) is 15.2 Å². The second kappa shape index (κ2) is 10.6. The summed E-state index contributed by atoms with van der Waals surface area (Å²) in [6.45, 7) is 3.01. The van der Waals surface area contributed by atoms with Crippen molar-refractivity contribution in [1.29, 1.82) is 0 Å². The molecule has 1 N–H and O–H groups in total. The third kappa shape index (κ3) is 5.49. The zero-order chi connectivity index (χ0) is 24.4. The largest absolute Gasteiger partial charge is 0.334 e. The number of nitrogens with zero attached hydrogens (tertiary/aromatic N) is 3. The quantitative estimate of drug-likeness (QED) is 0.378. The third-order valence-corrected chi connectivity index (χ3v) is 7.33. The van der Waals surface area contributed by atoms with Gasteiger partial charge in [0.2, 0.25) is 0 Å². The van der Waals surface area contributed by atoms with Crippen LogP contribution in [0.4, 0.5) is 10.5 Å². The first-order valence-electron chi connectivity index (χ1n) is 11.6. The topological polar surface area (TPSA) is 48.5 Å². The normalized spacial score (nSPS) is 19.6. The number of halogens is 3. The minimum Gasteiger partial charge on any atom is -0.334 e. The number of hydrogen-bond acceptors (Lipinski definition) is 3. The number of rotatable bonds is 5. The highest BCUT2D eigenvalue weighted by atomic mass is 35.5. The number of carbonyl (C=O) groups is 1. The van der Waals surface area contributed by atoms with Gasteiger partial charge in [-0.15, -0.1) is 0 Å². The Labute approximate surface area is 220 Å². The number of pyridine rings is 1. The Hall–Kier alpha value is -2.57. The standard InChI is InChI=1S/C27H25Cl3N4O/c28-20-5-3-18(4-6-20)2-1-12-33-13-10-25-23(17-33)22-15-21(29)7-8-24(22)34(25)27(35)32-16-19-9-11-31-26(30)14-19/h1-9,11,14-15,23,25H,10,12-13,16-17H2,(H,32,35)/b2-1+/t23-,25?/m0/s1. The summed E-state index contributed by atoms with van der Waals surface area (Å²) in [5.41, 5.74) is 4.11. The Balaban J connectivity index is 1.29.